The first-order valence-corrected chi connectivity index (χ1v) is 13.3. The summed E-state index contributed by atoms with van der Waals surface area (Å²) in [5.74, 6) is -2.60. The molecule has 0 saturated carbocycles. The zero-order chi connectivity index (χ0) is 26.0. The number of nitrogens with two attached hydrogens (primary N) is 1. The van der Waals surface area contributed by atoms with Crippen molar-refractivity contribution in [3.05, 3.63) is 46.9 Å². The van der Waals surface area contributed by atoms with Gasteiger partial charge in [-0.05, 0) is 12.3 Å². The van der Waals surface area contributed by atoms with E-state index >= 15 is 0 Å². The first kappa shape index (κ1) is 25.8. The smallest absolute Gasteiger partial charge is 0.407 e. The topological polar surface area (TPSA) is 151 Å². The fourth-order valence-corrected chi connectivity index (χ4v) is 5.98. The maximum Gasteiger partial charge on any atom is 0.407 e. The standard InChI is InChI=1S/C20H18F2N6O5S3/c1-34-10-3-2-4-27(6-10)5-9-7-35-17-13(16(30)28(17)14(9)18(31)32)25-15(29)12(26-33-19(21)22)11-8-36-20(23)24-11/h2-4,6,8,13,17,19H,5,7H2,1H3,(H3-,23,24,25,29,31,32)/p+1/t13?,17-/m0/s1. The summed E-state index contributed by atoms with van der Waals surface area (Å²) in [4.78, 5) is 47.7. The van der Waals surface area contributed by atoms with Gasteiger partial charge in [0.2, 0.25) is 0 Å². The highest BCUT2D eigenvalue weighted by molar-refractivity contribution is 8.00. The van der Waals surface area contributed by atoms with E-state index < -0.39 is 41.5 Å². The number of alkyl halides is 2. The van der Waals surface area contributed by atoms with Gasteiger partial charge < -0.3 is 21.0 Å². The molecule has 1 saturated heterocycles. The fraction of sp³-hybridized carbons (Fsp3) is 0.300. The highest BCUT2D eigenvalue weighted by atomic mass is 32.2. The number of carbonyl (C=O) groups excluding carboxylic acids is 2. The Morgan fingerprint density at radius 3 is 2.92 bits per heavy atom. The van der Waals surface area contributed by atoms with Gasteiger partial charge in [-0.15, -0.1) is 34.9 Å². The number of carboxylic acid groups (broad SMARTS) is 1. The molecule has 2 aliphatic rings. The summed E-state index contributed by atoms with van der Waals surface area (Å²) in [6.45, 7) is -3.02. The van der Waals surface area contributed by atoms with Gasteiger partial charge in [-0.2, -0.15) is 13.3 Å². The van der Waals surface area contributed by atoms with Crippen LogP contribution in [0.1, 0.15) is 5.69 Å². The maximum absolute atomic E-state index is 12.9. The molecule has 2 aromatic heterocycles. The van der Waals surface area contributed by atoms with Crippen LogP contribution in [0.5, 0.6) is 0 Å². The van der Waals surface area contributed by atoms with Crippen LogP contribution in [0, 0.1) is 0 Å². The number of fused-ring (bicyclic) bond motifs is 1. The van der Waals surface area contributed by atoms with Crippen molar-refractivity contribution in [1.29, 1.82) is 0 Å². The van der Waals surface area contributed by atoms with Crippen LogP contribution in [0.2, 0.25) is 0 Å². The number of nitrogens with one attached hydrogen (secondary N) is 1. The number of aromatic nitrogens is 2. The van der Waals surface area contributed by atoms with Crippen molar-refractivity contribution in [2.75, 3.05) is 17.7 Å². The van der Waals surface area contributed by atoms with E-state index in [9.17, 15) is 28.3 Å². The summed E-state index contributed by atoms with van der Waals surface area (Å²) in [5, 5.41) is 16.2. The maximum atomic E-state index is 12.9. The zero-order valence-electron chi connectivity index (χ0n) is 18.5. The summed E-state index contributed by atoms with van der Waals surface area (Å²) in [7, 11) is 0. The molecule has 0 radical (unpaired) electrons. The van der Waals surface area contributed by atoms with Crippen molar-refractivity contribution < 1.29 is 37.7 Å². The van der Waals surface area contributed by atoms with Gasteiger partial charge in [0.15, 0.2) is 29.8 Å². The van der Waals surface area contributed by atoms with Crippen LogP contribution >= 0.6 is 34.9 Å². The lowest BCUT2D eigenvalue weighted by atomic mass is 10.0. The van der Waals surface area contributed by atoms with E-state index in [0.29, 0.717) is 11.3 Å². The molecule has 2 atom stereocenters. The molecule has 190 valence electrons. The van der Waals surface area contributed by atoms with Gasteiger partial charge in [-0.3, -0.25) is 14.5 Å². The number of anilines is 1. The minimum atomic E-state index is -3.28. The molecule has 0 aliphatic carbocycles. The number of pyridine rings is 1. The third-order valence-electron chi connectivity index (χ3n) is 5.18. The van der Waals surface area contributed by atoms with Crippen LogP contribution in [-0.2, 0) is 25.8 Å². The van der Waals surface area contributed by atoms with Crippen molar-refractivity contribution >= 4 is 63.5 Å². The van der Waals surface area contributed by atoms with E-state index in [4.69, 9.17) is 5.73 Å². The van der Waals surface area contributed by atoms with Crippen molar-refractivity contribution in [1.82, 2.24) is 15.2 Å². The molecule has 2 amide bonds. The third kappa shape index (κ3) is 5.29. The Balaban J connectivity index is 1.54. The van der Waals surface area contributed by atoms with Crippen molar-refractivity contribution in [3.8, 4) is 0 Å². The number of hydrogen-bond acceptors (Lipinski definition) is 10. The molecule has 4 N–H and O–H groups in total. The number of amides is 2. The summed E-state index contributed by atoms with van der Waals surface area (Å²) in [5.41, 5.74) is 5.26. The van der Waals surface area contributed by atoms with E-state index in [1.165, 1.54) is 17.1 Å². The fourth-order valence-electron chi connectivity index (χ4n) is 3.65. The molecule has 11 nitrogen and oxygen atoms in total. The Bertz CT molecular complexity index is 1270. The number of thioether (sulfide) groups is 2. The van der Waals surface area contributed by atoms with Crippen molar-refractivity contribution in [2.45, 2.75) is 29.5 Å². The Morgan fingerprint density at radius 2 is 2.28 bits per heavy atom. The number of carboxylic acids is 1. The van der Waals surface area contributed by atoms with Crippen LogP contribution < -0.4 is 15.6 Å². The highest BCUT2D eigenvalue weighted by Crippen LogP contribution is 2.40. The predicted molar refractivity (Wildman–Crippen MR) is 128 cm³/mol. The lowest BCUT2D eigenvalue weighted by Gasteiger charge is -2.49. The lowest BCUT2D eigenvalue weighted by Crippen LogP contribution is -2.71. The molecule has 0 bridgehead atoms. The van der Waals surface area contributed by atoms with Gasteiger partial charge in [0.1, 0.15) is 22.8 Å². The molecule has 0 aromatic carbocycles. The number of oxime groups is 1. The lowest BCUT2D eigenvalue weighted by molar-refractivity contribution is -0.690. The molecular weight excluding hydrogens is 538 g/mol. The number of nitrogen functional groups attached to an aromatic ring is 1. The van der Waals surface area contributed by atoms with Crippen molar-refractivity contribution in [2.24, 2.45) is 5.16 Å². The summed E-state index contributed by atoms with van der Waals surface area (Å²) >= 11 is 3.78. The third-order valence-corrected chi connectivity index (χ3v) is 7.91. The molecular formula is C20H19F2N6O5S3+. The Kier molecular flexibility index (Phi) is 7.75. The van der Waals surface area contributed by atoms with Crippen LogP contribution in [0.4, 0.5) is 13.9 Å². The second-order valence-electron chi connectivity index (χ2n) is 7.41. The number of thiazole rings is 1. The molecule has 16 heteroatoms. The normalized spacial score (nSPS) is 19.7. The molecule has 2 aliphatic heterocycles. The second kappa shape index (κ2) is 10.8. The van der Waals surface area contributed by atoms with Gasteiger partial charge in [0.25, 0.3) is 11.8 Å². The van der Waals surface area contributed by atoms with Crippen LogP contribution in [0.15, 0.2) is 51.2 Å². The molecule has 4 rings (SSSR count). The number of aliphatic carboxylic acids is 1. The molecule has 1 unspecified atom stereocenters. The zero-order valence-corrected chi connectivity index (χ0v) is 20.9. The van der Waals surface area contributed by atoms with E-state index in [1.807, 2.05) is 29.2 Å². The quantitative estimate of drug-likeness (QED) is 0.135. The van der Waals surface area contributed by atoms with Crippen molar-refractivity contribution in [3.63, 3.8) is 0 Å². The molecule has 2 aromatic rings. The number of rotatable bonds is 9. The molecule has 36 heavy (non-hydrogen) atoms. The second-order valence-corrected chi connectivity index (χ2v) is 10.3. The van der Waals surface area contributed by atoms with Crippen LogP contribution in [-0.4, -0.2) is 68.5 Å². The summed E-state index contributed by atoms with van der Waals surface area (Å²) in [6.07, 6.45) is 5.61. The van der Waals surface area contributed by atoms with E-state index in [-0.39, 0.29) is 23.1 Å². The Labute approximate surface area is 215 Å². The average Bonchev–Trinajstić information content (AvgIpc) is 3.27. The van der Waals surface area contributed by atoms with E-state index in [1.54, 1.807) is 18.0 Å². The van der Waals surface area contributed by atoms with E-state index in [0.717, 1.165) is 21.1 Å². The largest absolute Gasteiger partial charge is 0.477 e. The molecule has 0 spiro atoms. The number of carbonyl (C=O) groups is 3. The average molecular weight is 558 g/mol. The SMILES string of the molecule is CSc1ccc[n+](CC2=C(C(=O)O)N3C(=O)C(NC(=O)C(=NOC(F)F)c4csc(N)n4)[C@@H]3SC2)c1. The van der Waals surface area contributed by atoms with Crippen LogP contribution in [0.25, 0.3) is 0 Å². The van der Waals surface area contributed by atoms with E-state index in [2.05, 4.69) is 20.3 Å². The number of hydrogen-bond donors (Lipinski definition) is 3. The van der Waals surface area contributed by atoms with Gasteiger partial charge in [-0.1, -0.05) is 5.16 Å². The number of halogens is 2. The van der Waals surface area contributed by atoms with Crippen LogP contribution in [0.3, 0.4) is 0 Å². The predicted octanol–water partition coefficient (Wildman–Crippen LogP) is 1.12. The Hall–Kier alpha value is -3.24. The molecule has 1 fully saturated rings. The summed E-state index contributed by atoms with van der Waals surface area (Å²) in [6, 6.07) is 2.67. The first-order chi connectivity index (χ1) is 17.2. The number of β-lactam (4-membered cyclic amide) rings is 1. The summed E-state index contributed by atoms with van der Waals surface area (Å²) < 4.78 is 26.9. The first-order valence-electron chi connectivity index (χ1n) is 10.2. The number of nitrogens with zero attached hydrogens (tertiary/aromatic N) is 4. The Morgan fingerprint density at radius 1 is 1.50 bits per heavy atom. The minimum absolute atomic E-state index is 0.0704. The van der Waals surface area contributed by atoms with Gasteiger partial charge in [-0.25, -0.2) is 9.78 Å². The monoisotopic (exact) mass is 557 g/mol. The highest BCUT2D eigenvalue weighted by Gasteiger charge is 2.54. The van der Waals surface area contributed by atoms with Gasteiger partial charge in [0, 0.05) is 22.8 Å². The van der Waals surface area contributed by atoms with Gasteiger partial charge in [0.05, 0.1) is 4.90 Å². The minimum Gasteiger partial charge on any atom is -0.477 e. The molecule has 4 heterocycles. The van der Waals surface area contributed by atoms with Gasteiger partial charge >= 0.3 is 12.6 Å².